The molecule has 0 saturated carbocycles. The van der Waals surface area contributed by atoms with Crippen LogP contribution in [0.5, 0.6) is 0 Å². The van der Waals surface area contributed by atoms with Gasteiger partial charge in [-0.2, -0.15) is 0 Å². The van der Waals surface area contributed by atoms with Crippen LogP contribution in [-0.2, 0) is 10.6 Å². The van der Waals surface area contributed by atoms with E-state index in [1.807, 2.05) is 17.8 Å². The molecule has 108 valence electrons. The number of hydrogen-bond acceptors (Lipinski definition) is 1. The first-order valence-electron chi connectivity index (χ1n) is 7.35. The molecule has 0 radical (unpaired) electrons. The van der Waals surface area contributed by atoms with Gasteiger partial charge in [-0.1, -0.05) is 72.8 Å². The lowest BCUT2D eigenvalue weighted by Crippen LogP contribution is -2.23. The lowest BCUT2D eigenvalue weighted by molar-refractivity contribution is 0.850. The van der Waals surface area contributed by atoms with Crippen molar-refractivity contribution in [2.24, 2.45) is 0 Å². The normalized spacial score (nSPS) is 19.9. The zero-order valence-corrected chi connectivity index (χ0v) is 13.6. The molecule has 0 amide bonds. The van der Waals surface area contributed by atoms with Crippen LogP contribution >= 0.6 is 23.4 Å². The zero-order chi connectivity index (χ0) is 15.0. The Bertz CT molecular complexity index is 763. The third-order valence-electron chi connectivity index (χ3n) is 4.20. The first-order valence-corrected chi connectivity index (χ1v) is 8.71. The van der Waals surface area contributed by atoms with Crippen molar-refractivity contribution in [1.29, 1.82) is 0 Å². The van der Waals surface area contributed by atoms with Crippen LogP contribution in [-0.4, -0.2) is 0 Å². The van der Waals surface area contributed by atoms with E-state index in [9.17, 15) is 0 Å². The number of rotatable bonds is 1. The van der Waals surface area contributed by atoms with Crippen LogP contribution in [0.3, 0.4) is 0 Å². The quantitative estimate of drug-likeness (QED) is 0.508. The van der Waals surface area contributed by atoms with Gasteiger partial charge >= 0.3 is 0 Å². The van der Waals surface area contributed by atoms with Crippen molar-refractivity contribution in [3.63, 3.8) is 0 Å². The van der Waals surface area contributed by atoms with E-state index < -0.39 is 4.87 Å². The van der Waals surface area contributed by atoms with Gasteiger partial charge in [-0.25, -0.2) is 0 Å². The fraction of sp³-hybridized carbons (Fsp3) is 0.100. The minimum Gasteiger partial charge on any atom is -0.121 e. The Balaban J connectivity index is 2.08. The first-order chi connectivity index (χ1) is 10.8. The van der Waals surface area contributed by atoms with Crippen LogP contribution in [0.4, 0.5) is 0 Å². The fourth-order valence-electron chi connectivity index (χ4n) is 3.14. The van der Waals surface area contributed by atoms with E-state index in [1.54, 1.807) is 0 Å². The summed E-state index contributed by atoms with van der Waals surface area (Å²) in [5.74, 6) is 0.953. The van der Waals surface area contributed by atoms with Crippen molar-refractivity contribution in [3.8, 4) is 0 Å². The van der Waals surface area contributed by atoms with Crippen molar-refractivity contribution in [1.82, 2.24) is 0 Å². The average Bonchev–Trinajstić information content (AvgIpc) is 2.73. The monoisotopic (exact) mass is 322 g/mol. The van der Waals surface area contributed by atoms with Crippen LogP contribution in [0, 0.1) is 0 Å². The van der Waals surface area contributed by atoms with E-state index in [2.05, 4.69) is 72.8 Å². The molecule has 2 heteroatoms. The Kier molecular flexibility index (Phi) is 3.48. The molecule has 1 atom stereocenters. The second-order valence-corrected chi connectivity index (χ2v) is 7.05. The molecule has 4 rings (SSSR count). The molecule has 0 fully saturated rings. The van der Waals surface area contributed by atoms with Gasteiger partial charge in [0.15, 0.2) is 0 Å². The van der Waals surface area contributed by atoms with Crippen molar-refractivity contribution in [3.05, 3.63) is 101 Å². The van der Waals surface area contributed by atoms with Crippen LogP contribution in [0.2, 0.25) is 0 Å². The summed E-state index contributed by atoms with van der Waals surface area (Å²) in [4.78, 5) is 0.635. The Morgan fingerprint density at radius 2 is 1.36 bits per heavy atom. The maximum Gasteiger partial charge on any atom is 0.121 e. The predicted molar refractivity (Wildman–Crippen MR) is 94.6 cm³/mol. The SMILES string of the molecule is ClC1(c2ccccc2)c2ccccc2CSc2ccccc21. The summed E-state index contributed by atoms with van der Waals surface area (Å²) in [5, 5.41) is 0. The van der Waals surface area contributed by atoms with Gasteiger partial charge < -0.3 is 0 Å². The Hall–Kier alpha value is -1.70. The van der Waals surface area contributed by atoms with Crippen molar-refractivity contribution in [2.45, 2.75) is 15.5 Å². The zero-order valence-electron chi connectivity index (χ0n) is 12.0. The lowest BCUT2D eigenvalue weighted by Gasteiger charge is -2.30. The molecule has 1 aliphatic heterocycles. The smallest absolute Gasteiger partial charge is 0.121 e. The van der Waals surface area contributed by atoms with Crippen LogP contribution in [0.25, 0.3) is 0 Å². The molecule has 0 aromatic heterocycles. The number of halogens is 1. The van der Waals surface area contributed by atoms with Crippen LogP contribution < -0.4 is 0 Å². The molecule has 0 N–H and O–H groups in total. The minimum atomic E-state index is -0.627. The van der Waals surface area contributed by atoms with E-state index in [0.29, 0.717) is 0 Å². The van der Waals surface area contributed by atoms with E-state index in [1.165, 1.54) is 21.6 Å². The maximum atomic E-state index is 7.35. The summed E-state index contributed by atoms with van der Waals surface area (Å²) in [6.45, 7) is 0. The van der Waals surface area contributed by atoms with Gasteiger partial charge in [-0.3, -0.25) is 0 Å². The molecular weight excluding hydrogens is 308 g/mol. The second-order valence-electron chi connectivity index (χ2n) is 5.47. The predicted octanol–water partition coefficient (Wildman–Crippen LogP) is 5.82. The molecule has 0 nitrogen and oxygen atoms in total. The molecule has 0 spiro atoms. The maximum absolute atomic E-state index is 7.35. The lowest BCUT2D eigenvalue weighted by atomic mass is 9.82. The summed E-state index contributed by atoms with van der Waals surface area (Å²) in [6, 6.07) is 27.4. The number of hydrogen-bond donors (Lipinski definition) is 0. The van der Waals surface area contributed by atoms with Gasteiger partial charge in [0.2, 0.25) is 0 Å². The summed E-state index contributed by atoms with van der Waals surface area (Å²) in [5.41, 5.74) is 4.81. The summed E-state index contributed by atoms with van der Waals surface area (Å²) in [6.07, 6.45) is 0. The van der Waals surface area contributed by atoms with Crippen molar-refractivity contribution in [2.75, 3.05) is 0 Å². The molecule has 1 unspecified atom stereocenters. The summed E-state index contributed by atoms with van der Waals surface area (Å²) in [7, 11) is 0. The third kappa shape index (κ3) is 2.08. The Labute approximate surface area is 140 Å². The molecule has 0 bridgehead atoms. The highest BCUT2D eigenvalue weighted by Gasteiger charge is 2.39. The van der Waals surface area contributed by atoms with E-state index in [-0.39, 0.29) is 0 Å². The third-order valence-corrected chi connectivity index (χ3v) is 5.95. The largest absolute Gasteiger partial charge is 0.121 e. The number of fused-ring (bicyclic) bond motifs is 2. The van der Waals surface area contributed by atoms with Gasteiger partial charge in [0, 0.05) is 10.6 Å². The molecule has 22 heavy (non-hydrogen) atoms. The van der Waals surface area contributed by atoms with Crippen molar-refractivity contribution < 1.29 is 0 Å². The average molecular weight is 323 g/mol. The van der Waals surface area contributed by atoms with Gasteiger partial charge in [-0.15, -0.1) is 23.4 Å². The van der Waals surface area contributed by atoms with E-state index in [4.69, 9.17) is 11.6 Å². The highest BCUT2D eigenvalue weighted by atomic mass is 35.5. The number of benzene rings is 3. The number of thioether (sulfide) groups is 1. The Morgan fingerprint density at radius 1 is 0.727 bits per heavy atom. The summed E-state index contributed by atoms with van der Waals surface area (Å²) < 4.78 is 0. The first kappa shape index (κ1) is 13.9. The number of alkyl halides is 1. The molecule has 3 aromatic carbocycles. The molecule has 0 saturated heterocycles. The standard InChI is InChI=1S/C20H15ClS/c21-20(16-9-2-1-3-10-16)17-11-5-4-8-15(17)14-22-19-13-7-6-12-18(19)20/h1-13H,14H2. The van der Waals surface area contributed by atoms with E-state index >= 15 is 0 Å². The van der Waals surface area contributed by atoms with Crippen LogP contribution in [0.1, 0.15) is 22.3 Å². The van der Waals surface area contributed by atoms with Crippen LogP contribution in [0.15, 0.2) is 83.8 Å². The minimum absolute atomic E-state index is 0.627. The highest BCUT2D eigenvalue weighted by molar-refractivity contribution is 7.98. The summed E-state index contributed by atoms with van der Waals surface area (Å²) >= 11 is 9.22. The fourth-order valence-corrected chi connectivity index (χ4v) is 4.78. The van der Waals surface area contributed by atoms with Gasteiger partial charge in [0.25, 0.3) is 0 Å². The second kappa shape index (κ2) is 5.49. The van der Waals surface area contributed by atoms with Gasteiger partial charge in [0.1, 0.15) is 4.87 Å². The topological polar surface area (TPSA) is 0 Å². The Morgan fingerprint density at radius 3 is 2.18 bits per heavy atom. The molecule has 1 heterocycles. The van der Waals surface area contributed by atoms with Gasteiger partial charge in [-0.05, 0) is 28.3 Å². The molecule has 1 aliphatic rings. The van der Waals surface area contributed by atoms with Crippen molar-refractivity contribution >= 4 is 23.4 Å². The molecule has 0 aliphatic carbocycles. The molecule has 3 aromatic rings. The van der Waals surface area contributed by atoms with E-state index in [0.717, 1.165) is 11.3 Å². The molecular formula is C20H15ClS. The highest BCUT2D eigenvalue weighted by Crippen LogP contribution is 2.50. The van der Waals surface area contributed by atoms with Gasteiger partial charge in [0.05, 0.1) is 0 Å².